The highest BCUT2D eigenvalue weighted by Gasteiger charge is 2.49. The number of benzene rings is 2. The van der Waals surface area contributed by atoms with Gasteiger partial charge in [-0.15, -0.1) is 0 Å². The maximum Gasteiger partial charge on any atom is 0.274 e. The zero-order valence-electron chi connectivity index (χ0n) is 15.2. The molecular formula is C21H22N2O4. The minimum absolute atomic E-state index is 0.148. The fourth-order valence-corrected chi connectivity index (χ4v) is 4.36. The highest BCUT2D eigenvalue weighted by molar-refractivity contribution is 6.01. The lowest BCUT2D eigenvalue weighted by atomic mass is 9.70. The lowest BCUT2D eigenvalue weighted by Gasteiger charge is -2.33. The van der Waals surface area contributed by atoms with Crippen LogP contribution in [0.4, 0.5) is 5.69 Å². The second kappa shape index (κ2) is 6.70. The number of hydroxylamine groups is 1. The van der Waals surface area contributed by atoms with Gasteiger partial charge in [-0.05, 0) is 61.1 Å². The zero-order valence-corrected chi connectivity index (χ0v) is 15.2. The molecule has 2 aromatic rings. The molecule has 1 fully saturated rings. The van der Waals surface area contributed by atoms with Crippen molar-refractivity contribution in [2.75, 3.05) is 18.6 Å². The number of hydrogen-bond acceptors (Lipinski definition) is 4. The Morgan fingerprint density at radius 1 is 1.19 bits per heavy atom. The van der Waals surface area contributed by atoms with Crippen LogP contribution in [0.15, 0.2) is 42.5 Å². The molecule has 0 radical (unpaired) electrons. The van der Waals surface area contributed by atoms with Crippen LogP contribution < -0.4 is 15.1 Å². The monoisotopic (exact) mass is 366 g/mol. The average molecular weight is 366 g/mol. The molecule has 2 aliphatic rings. The van der Waals surface area contributed by atoms with Gasteiger partial charge in [-0.3, -0.25) is 14.8 Å². The summed E-state index contributed by atoms with van der Waals surface area (Å²) in [5, 5.41) is 8.81. The topological polar surface area (TPSA) is 78.9 Å². The summed E-state index contributed by atoms with van der Waals surface area (Å²) < 4.78 is 5.43. The SMILES string of the molecule is COc1ccccc1N1CCC2(CCc3cc(C(=O)NO)ccc3C2)C1=O. The number of para-hydroxylation sites is 2. The molecule has 6 nitrogen and oxygen atoms in total. The Kier molecular flexibility index (Phi) is 4.36. The first-order valence-corrected chi connectivity index (χ1v) is 9.09. The molecule has 2 aromatic carbocycles. The van der Waals surface area contributed by atoms with Gasteiger partial charge < -0.3 is 9.64 Å². The Balaban J connectivity index is 1.61. The lowest BCUT2D eigenvalue weighted by Crippen LogP contribution is -2.39. The van der Waals surface area contributed by atoms with E-state index >= 15 is 0 Å². The number of ether oxygens (including phenoxy) is 1. The standard InChI is InChI=1S/C21H22N2O4/c1-27-18-5-3-2-4-17(18)23-11-10-21(20(23)25)9-8-14-12-15(19(24)22-26)6-7-16(14)13-21/h2-7,12,26H,8-11,13H2,1H3,(H,22,24). The van der Waals surface area contributed by atoms with Crippen LogP contribution in [0.1, 0.15) is 34.3 Å². The summed E-state index contributed by atoms with van der Waals surface area (Å²) in [6.45, 7) is 0.680. The van der Waals surface area contributed by atoms with Gasteiger partial charge in [0.25, 0.3) is 5.91 Å². The quantitative estimate of drug-likeness (QED) is 0.647. The number of aryl methyl sites for hydroxylation is 1. The first-order valence-electron chi connectivity index (χ1n) is 9.09. The molecular weight excluding hydrogens is 344 g/mol. The van der Waals surface area contributed by atoms with Crippen molar-refractivity contribution in [3.8, 4) is 5.75 Å². The largest absolute Gasteiger partial charge is 0.495 e. The Morgan fingerprint density at radius 3 is 2.78 bits per heavy atom. The Bertz CT molecular complexity index is 911. The van der Waals surface area contributed by atoms with Crippen LogP contribution in [0.5, 0.6) is 5.75 Å². The fraction of sp³-hybridized carbons (Fsp3) is 0.333. The summed E-state index contributed by atoms with van der Waals surface area (Å²) in [5.74, 6) is 0.339. The number of nitrogens with one attached hydrogen (secondary N) is 1. The molecule has 6 heteroatoms. The van der Waals surface area contributed by atoms with Crippen LogP contribution in [-0.2, 0) is 17.6 Å². The molecule has 1 atom stereocenters. The number of rotatable bonds is 3. The van der Waals surface area contributed by atoms with Crippen molar-refractivity contribution in [2.24, 2.45) is 5.41 Å². The third-order valence-electron chi connectivity index (χ3n) is 5.86. The van der Waals surface area contributed by atoms with Crippen molar-refractivity contribution in [3.05, 3.63) is 59.2 Å². The van der Waals surface area contributed by atoms with Crippen LogP contribution in [0, 0.1) is 5.41 Å². The van der Waals surface area contributed by atoms with E-state index in [0.29, 0.717) is 24.3 Å². The first-order chi connectivity index (χ1) is 13.1. The second-order valence-electron chi connectivity index (χ2n) is 7.26. The lowest BCUT2D eigenvalue weighted by molar-refractivity contribution is -0.126. The number of nitrogens with zero attached hydrogens (tertiary/aromatic N) is 1. The highest BCUT2D eigenvalue weighted by Crippen LogP contribution is 2.46. The molecule has 140 valence electrons. The van der Waals surface area contributed by atoms with Gasteiger partial charge in [0.2, 0.25) is 5.91 Å². The minimum Gasteiger partial charge on any atom is -0.495 e. The van der Waals surface area contributed by atoms with E-state index in [0.717, 1.165) is 36.1 Å². The van der Waals surface area contributed by atoms with E-state index < -0.39 is 11.3 Å². The molecule has 0 saturated carbocycles. The number of carbonyl (C=O) groups is 2. The smallest absolute Gasteiger partial charge is 0.274 e. The van der Waals surface area contributed by atoms with E-state index in [1.807, 2.05) is 41.3 Å². The molecule has 1 spiro atoms. The molecule has 2 amide bonds. The number of carbonyl (C=O) groups excluding carboxylic acids is 2. The molecule has 0 bridgehead atoms. The molecule has 1 unspecified atom stereocenters. The van der Waals surface area contributed by atoms with E-state index in [9.17, 15) is 9.59 Å². The number of amides is 2. The molecule has 1 aliphatic carbocycles. The summed E-state index contributed by atoms with van der Waals surface area (Å²) in [6.07, 6.45) is 2.98. The third kappa shape index (κ3) is 2.86. The average Bonchev–Trinajstić information content (AvgIpc) is 3.02. The minimum atomic E-state index is -0.516. The van der Waals surface area contributed by atoms with Gasteiger partial charge in [-0.1, -0.05) is 18.2 Å². The molecule has 27 heavy (non-hydrogen) atoms. The van der Waals surface area contributed by atoms with Gasteiger partial charge in [0.1, 0.15) is 5.75 Å². The maximum absolute atomic E-state index is 13.4. The molecule has 2 N–H and O–H groups in total. The molecule has 1 aliphatic heterocycles. The van der Waals surface area contributed by atoms with Gasteiger partial charge >= 0.3 is 0 Å². The van der Waals surface area contributed by atoms with Gasteiger partial charge in [-0.2, -0.15) is 0 Å². The summed E-state index contributed by atoms with van der Waals surface area (Å²) in [7, 11) is 1.62. The first kappa shape index (κ1) is 17.5. The van der Waals surface area contributed by atoms with E-state index in [-0.39, 0.29) is 5.91 Å². The molecule has 1 saturated heterocycles. The normalized spacial score (nSPS) is 21.3. The predicted octanol–water partition coefficient (Wildman–Crippen LogP) is 2.73. The number of methoxy groups -OCH3 is 1. The number of fused-ring (bicyclic) bond motifs is 1. The fourth-order valence-electron chi connectivity index (χ4n) is 4.36. The number of anilines is 1. The summed E-state index contributed by atoms with van der Waals surface area (Å²) >= 11 is 0. The van der Waals surface area contributed by atoms with Crippen LogP contribution in [0.25, 0.3) is 0 Å². The Labute approximate surface area is 157 Å². The summed E-state index contributed by atoms with van der Waals surface area (Å²) in [4.78, 5) is 26.8. The van der Waals surface area contributed by atoms with E-state index in [1.54, 1.807) is 18.7 Å². The molecule has 0 aromatic heterocycles. The van der Waals surface area contributed by atoms with E-state index in [1.165, 1.54) is 0 Å². The van der Waals surface area contributed by atoms with Crippen molar-refractivity contribution >= 4 is 17.5 Å². The summed E-state index contributed by atoms with van der Waals surface area (Å²) in [6, 6.07) is 13.0. The van der Waals surface area contributed by atoms with Crippen LogP contribution >= 0.6 is 0 Å². The van der Waals surface area contributed by atoms with Gasteiger partial charge in [-0.25, -0.2) is 5.48 Å². The van der Waals surface area contributed by atoms with E-state index in [2.05, 4.69) is 0 Å². The van der Waals surface area contributed by atoms with Gasteiger partial charge in [0.15, 0.2) is 0 Å². The van der Waals surface area contributed by atoms with Crippen molar-refractivity contribution in [1.82, 2.24) is 5.48 Å². The zero-order chi connectivity index (χ0) is 19.0. The molecule has 4 rings (SSSR count). The predicted molar refractivity (Wildman–Crippen MR) is 100 cm³/mol. The van der Waals surface area contributed by atoms with Gasteiger partial charge in [0, 0.05) is 12.1 Å². The Morgan fingerprint density at radius 2 is 2.00 bits per heavy atom. The molecule has 1 heterocycles. The van der Waals surface area contributed by atoms with Crippen LogP contribution in [0.3, 0.4) is 0 Å². The van der Waals surface area contributed by atoms with Crippen molar-refractivity contribution in [2.45, 2.75) is 25.7 Å². The number of hydrogen-bond donors (Lipinski definition) is 2. The summed E-state index contributed by atoms with van der Waals surface area (Å²) in [5.41, 5.74) is 4.70. The van der Waals surface area contributed by atoms with Gasteiger partial charge in [0.05, 0.1) is 18.2 Å². The van der Waals surface area contributed by atoms with Crippen molar-refractivity contribution in [1.29, 1.82) is 0 Å². The van der Waals surface area contributed by atoms with Crippen molar-refractivity contribution in [3.63, 3.8) is 0 Å². The van der Waals surface area contributed by atoms with E-state index in [4.69, 9.17) is 9.94 Å². The maximum atomic E-state index is 13.4. The Hall–Kier alpha value is -2.86. The second-order valence-corrected chi connectivity index (χ2v) is 7.26. The highest BCUT2D eigenvalue weighted by atomic mass is 16.5. The third-order valence-corrected chi connectivity index (χ3v) is 5.86. The van der Waals surface area contributed by atoms with Crippen LogP contribution in [0.2, 0.25) is 0 Å². The van der Waals surface area contributed by atoms with Crippen LogP contribution in [-0.4, -0.2) is 30.7 Å². The van der Waals surface area contributed by atoms with Crippen molar-refractivity contribution < 1.29 is 19.5 Å².